The summed E-state index contributed by atoms with van der Waals surface area (Å²) < 4.78 is 5.64. The molecule has 2 heterocycles. The number of carbonyl (C=O) groups excluding carboxylic acids is 1. The molecule has 1 amide bonds. The largest absolute Gasteiger partial charge is 0.478 e. The van der Waals surface area contributed by atoms with Crippen molar-refractivity contribution in [3.05, 3.63) is 23.9 Å². The van der Waals surface area contributed by atoms with Crippen LogP contribution in [0.5, 0.6) is 5.88 Å². The first-order valence-corrected chi connectivity index (χ1v) is 10.3. The summed E-state index contributed by atoms with van der Waals surface area (Å²) in [7, 11) is 0. The second-order valence-electron chi connectivity index (χ2n) is 7.72. The Balaban J connectivity index is 1.49. The molecule has 26 heavy (non-hydrogen) atoms. The molecule has 5 heteroatoms. The number of rotatable bonds is 7. The van der Waals surface area contributed by atoms with E-state index in [1.807, 2.05) is 13.0 Å². The van der Waals surface area contributed by atoms with Crippen molar-refractivity contribution in [1.82, 2.24) is 15.2 Å². The fourth-order valence-corrected chi connectivity index (χ4v) is 4.25. The first kappa shape index (κ1) is 19.2. The Hall–Kier alpha value is -1.62. The molecule has 1 atom stereocenters. The topological polar surface area (TPSA) is 54.5 Å². The van der Waals surface area contributed by atoms with Crippen molar-refractivity contribution in [2.45, 2.75) is 58.4 Å². The van der Waals surface area contributed by atoms with Crippen LogP contribution in [0.3, 0.4) is 0 Å². The summed E-state index contributed by atoms with van der Waals surface area (Å²) in [5.41, 5.74) is 1.11. The van der Waals surface area contributed by atoms with Gasteiger partial charge in [-0.1, -0.05) is 25.3 Å². The maximum atomic E-state index is 12.6. The summed E-state index contributed by atoms with van der Waals surface area (Å²) in [5, 5.41) is 3.24. The number of hydrogen-bond acceptors (Lipinski definition) is 4. The minimum Gasteiger partial charge on any atom is -0.478 e. The lowest BCUT2D eigenvalue weighted by Crippen LogP contribution is -2.43. The van der Waals surface area contributed by atoms with Gasteiger partial charge in [-0.25, -0.2) is 4.98 Å². The molecule has 5 nitrogen and oxygen atoms in total. The zero-order valence-corrected chi connectivity index (χ0v) is 16.1. The summed E-state index contributed by atoms with van der Waals surface area (Å²) in [4.78, 5) is 19.3. The van der Waals surface area contributed by atoms with Crippen molar-refractivity contribution < 1.29 is 9.53 Å². The third kappa shape index (κ3) is 5.44. The van der Waals surface area contributed by atoms with E-state index < -0.39 is 0 Å². The van der Waals surface area contributed by atoms with Gasteiger partial charge in [-0.15, -0.1) is 0 Å². The van der Waals surface area contributed by atoms with E-state index in [2.05, 4.69) is 21.3 Å². The van der Waals surface area contributed by atoms with E-state index in [1.165, 1.54) is 32.1 Å². The van der Waals surface area contributed by atoms with Gasteiger partial charge in [0.1, 0.15) is 0 Å². The minimum absolute atomic E-state index is 0.111. The molecule has 0 spiro atoms. The smallest absolute Gasteiger partial charge is 0.224 e. The minimum atomic E-state index is 0.111. The highest BCUT2D eigenvalue weighted by molar-refractivity contribution is 5.78. The Morgan fingerprint density at radius 3 is 2.92 bits per heavy atom. The van der Waals surface area contributed by atoms with Crippen LogP contribution in [0.4, 0.5) is 0 Å². The number of nitrogens with zero attached hydrogens (tertiary/aromatic N) is 2. The molecule has 1 aliphatic carbocycles. The first-order valence-electron chi connectivity index (χ1n) is 10.3. The van der Waals surface area contributed by atoms with Crippen LogP contribution >= 0.6 is 0 Å². The van der Waals surface area contributed by atoms with Crippen molar-refractivity contribution in [2.75, 3.05) is 26.2 Å². The van der Waals surface area contributed by atoms with Crippen LogP contribution in [-0.2, 0) is 11.3 Å². The van der Waals surface area contributed by atoms with Gasteiger partial charge >= 0.3 is 0 Å². The van der Waals surface area contributed by atoms with Crippen LogP contribution in [0.15, 0.2) is 18.3 Å². The zero-order chi connectivity index (χ0) is 18.2. The Morgan fingerprint density at radius 2 is 2.12 bits per heavy atom. The number of ether oxygens (including phenoxy) is 1. The fourth-order valence-electron chi connectivity index (χ4n) is 4.25. The molecule has 1 aromatic heterocycles. The fraction of sp³-hybridized carbons (Fsp3) is 0.714. The lowest BCUT2D eigenvalue weighted by atomic mass is 9.89. The summed E-state index contributed by atoms with van der Waals surface area (Å²) >= 11 is 0. The molecule has 1 saturated carbocycles. The maximum absolute atomic E-state index is 12.6. The standard InChI is InChI=1S/C21H33N3O2/c1-2-26-21-19(10-6-12-22-21)16-24-13-7-11-18(15-24)20(25)23-14-17-8-4-3-5-9-17/h6,10,12,17-18H,2-5,7-9,11,13-16H2,1H3,(H,23,25). The number of pyridine rings is 1. The number of nitrogens with one attached hydrogen (secondary N) is 1. The molecule has 0 bridgehead atoms. The molecule has 0 aromatic carbocycles. The molecule has 2 aliphatic rings. The van der Waals surface area contributed by atoms with Crippen molar-refractivity contribution >= 4 is 5.91 Å². The van der Waals surface area contributed by atoms with Crippen molar-refractivity contribution in [3.63, 3.8) is 0 Å². The number of likely N-dealkylation sites (tertiary alicyclic amines) is 1. The van der Waals surface area contributed by atoms with E-state index in [-0.39, 0.29) is 11.8 Å². The summed E-state index contributed by atoms with van der Waals surface area (Å²) in [6.07, 6.45) is 10.4. The van der Waals surface area contributed by atoms with Crippen molar-refractivity contribution in [3.8, 4) is 5.88 Å². The van der Waals surface area contributed by atoms with Gasteiger partial charge in [0.05, 0.1) is 12.5 Å². The second-order valence-corrected chi connectivity index (χ2v) is 7.72. The van der Waals surface area contributed by atoms with Gasteiger partial charge in [-0.05, 0) is 51.1 Å². The average molecular weight is 360 g/mol. The van der Waals surface area contributed by atoms with Gasteiger partial charge in [0, 0.05) is 31.4 Å². The molecule has 3 rings (SSSR count). The van der Waals surface area contributed by atoms with Gasteiger partial charge in [0.2, 0.25) is 11.8 Å². The quantitative estimate of drug-likeness (QED) is 0.811. The highest BCUT2D eigenvalue weighted by Gasteiger charge is 2.27. The van der Waals surface area contributed by atoms with Crippen LogP contribution in [0, 0.1) is 11.8 Å². The Kier molecular flexibility index (Phi) is 7.30. The van der Waals surface area contributed by atoms with Crippen LogP contribution in [0.25, 0.3) is 0 Å². The average Bonchev–Trinajstić information content (AvgIpc) is 2.69. The first-order chi connectivity index (χ1) is 12.8. The molecule has 1 aromatic rings. The molecule has 0 radical (unpaired) electrons. The van der Waals surface area contributed by atoms with Crippen molar-refractivity contribution in [1.29, 1.82) is 0 Å². The predicted octanol–water partition coefficient (Wildman–Crippen LogP) is 3.39. The number of hydrogen-bond donors (Lipinski definition) is 1. The molecule has 1 saturated heterocycles. The van der Waals surface area contributed by atoms with E-state index >= 15 is 0 Å². The monoisotopic (exact) mass is 359 g/mol. The summed E-state index contributed by atoms with van der Waals surface area (Å²) in [6, 6.07) is 4.03. The molecule has 1 N–H and O–H groups in total. The van der Waals surface area contributed by atoms with Gasteiger partial charge < -0.3 is 10.1 Å². The summed E-state index contributed by atoms with van der Waals surface area (Å²) in [5.74, 6) is 1.77. The number of amides is 1. The van der Waals surface area contributed by atoms with Gasteiger partial charge in [-0.2, -0.15) is 0 Å². The SMILES string of the molecule is CCOc1ncccc1CN1CCCC(C(=O)NCC2CCCCC2)C1. The Labute approximate surface area is 157 Å². The molecular weight excluding hydrogens is 326 g/mol. The lowest BCUT2D eigenvalue weighted by molar-refractivity contribution is -0.127. The molecule has 144 valence electrons. The molecule has 1 aliphatic heterocycles. The second kappa shape index (κ2) is 9.91. The maximum Gasteiger partial charge on any atom is 0.224 e. The number of carbonyl (C=O) groups is 1. The van der Waals surface area contributed by atoms with Gasteiger partial charge in [-0.3, -0.25) is 9.69 Å². The third-order valence-corrected chi connectivity index (χ3v) is 5.69. The van der Waals surface area contributed by atoms with Gasteiger partial charge in [0.15, 0.2) is 0 Å². The normalized spacial score (nSPS) is 22.1. The van der Waals surface area contributed by atoms with E-state index in [0.717, 1.165) is 50.5 Å². The lowest BCUT2D eigenvalue weighted by Gasteiger charge is -2.32. The Bertz CT molecular complexity index is 572. The number of piperidine rings is 1. The van der Waals surface area contributed by atoms with Gasteiger partial charge in [0.25, 0.3) is 0 Å². The summed E-state index contributed by atoms with van der Waals surface area (Å²) in [6.45, 7) is 6.13. The predicted molar refractivity (Wildman–Crippen MR) is 103 cm³/mol. The van der Waals surface area contributed by atoms with E-state index in [9.17, 15) is 4.79 Å². The van der Waals surface area contributed by atoms with E-state index in [0.29, 0.717) is 12.5 Å². The van der Waals surface area contributed by atoms with Crippen LogP contribution in [0.2, 0.25) is 0 Å². The van der Waals surface area contributed by atoms with Crippen molar-refractivity contribution in [2.24, 2.45) is 11.8 Å². The molecule has 2 fully saturated rings. The third-order valence-electron chi connectivity index (χ3n) is 5.69. The van der Waals surface area contributed by atoms with E-state index in [1.54, 1.807) is 6.20 Å². The molecular formula is C21H33N3O2. The molecule has 1 unspecified atom stereocenters. The van der Waals surface area contributed by atoms with Crippen LogP contribution in [-0.4, -0.2) is 42.0 Å². The van der Waals surface area contributed by atoms with Crippen LogP contribution < -0.4 is 10.1 Å². The van der Waals surface area contributed by atoms with Crippen LogP contribution in [0.1, 0.15) is 57.4 Å². The highest BCUT2D eigenvalue weighted by Crippen LogP contribution is 2.24. The number of aromatic nitrogens is 1. The van der Waals surface area contributed by atoms with E-state index in [4.69, 9.17) is 4.74 Å². The highest BCUT2D eigenvalue weighted by atomic mass is 16.5. The Morgan fingerprint density at radius 1 is 1.27 bits per heavy atom. The zero-order valence-electron chi connectivity index (χ0n) is 16.1.